The van der Waals surface area contributed by atoms with Gasteiger partial charge in [-0.05, 0) is 24.6 Å². The number of rotatable bonds is 5. The Kier molecular flexibility index (Phi) is 8.79. The largest absolute Gasteiger partial charge is 0.573 e. The fraction of sp³-hybridized carbons (Fsp3) is 0.462. The highest BCUT2D eigenvalue weighted by atomic mass is 35.5. The van der Waals surface area contributed by atoms with Crippen molar-refractivity contribution >= 4 is 17.5 Å². The van der Waals surface area contributed by atoms with E-state index in [9.17, 15) is 18.0 Å². The number of benzene rings is 1. The van der Waals surface area contributed by atoms with Crippen LogP contribution in [0, 0.1) is 0 Å². The first-order valence-corrected chi connectivity index (χ1v) is 6.55. The topological polar surface area (TPSA) is 52.3 Å². The highest BCUT2D eigenvalue weighted by Gasteiger charge is 2.31. The molecule has 0 radical (unpaired) electrons. The summed E-state index contributed by atoms with van der Waals surface area (Å²) in [5.41, 5.74) is 4.84. The van der Waals surface area contributed by atoms with E-state index in [4.69, 9.17) is 17.3 Å². The van der Waals surface area contributed by atoms with E-state index in [-0.39, 0.29) is 5.56 Å². The smallest absolute Gasteiger partial charge is 0.406 e. The highest BCUT2D eigenvalue weighted by Crippen LogP contribution is 2.22. The monoisotopic (exact) mass is 311 g/mol. The summed E-state index contributed by atoms with van der Waals surface area (Å²) in [6.07, 6.45) is -1.04. The Hall–Kier alpha value is -1.43. The van der Waals surface area contributed by atoms with E-state index in [1.807, 2.05) is 0 Å². The predicted molar refractivity (Wildman–Crippen MR) is 71.9 cm³/mol. The lowest BCUT2D eigenvalue weighted by Crippen LogP contribution is -2.18. The number of primary amides is 1. The minimum atomic E-state index is -4.77. The third-order valence-corrected chi connectivity index (χ3v) is 2.36. The molecule has 20 heavy (non-hydrogen) atoms. The number of carbonyl (C=O) groups excluding carboxylic acids is 1. The molecule has 1 rings (SSSR count). The number of carbonyl (C=O) groups is 1. The van der Waals surface area contributed by atoms with Gasteiger partial charge in [0.05, 0.1) is 0 Å². The molecule has 0 aliphatic rings. The van der Waals surface area contributed by atoms with E-state index in [1.165, 1.54) is 31.4 Å². The predicted octanol–water partition coefficient (Wildman–Crippen LogP) is 4.10. The molecule has 0 atom stereocenters. The fourth-order valence-corrected chi connectivity index (χ4v) is 1.38. The molecule has 3 nitrogen and oxygen atoms in total. The molecule has 114 valence electrons. The van der Waals surface area contributed by atoms with Crippen molar-refractivity contribution in [1.29, 1.82) is 0 Å². The van der Waals surface area contributed by atoms with Gasteiger partial charge in [0.15, 0.2) is 0 Å². The van der Waals surface area contributed by atoms with E-state index < -0.39 is 18.0 Å². The first kappa shape index (κ1) is 18.6. The van der Waals surface area contributed by atoms with Crippen LogP contribution < -0.4 is 10.5 Å². The molecule has 0 aliphatic carbocycles. The Morgan fingerprint density at radius 2 is 2.00 bits per heavy atom. The molecule has 0 heterocycles. The summed E-state index contributed by atoms with van der Waals surface area (Å²) in [6, 6.07) is 4.56. The molecule has 1 aromatic carbocycles. The van der Waals surface area contributed by atoms with Gasteiger partial charge in [-0.3, -0.25) is 4.79 Å². The highest BCUT2D eigenvalue weighted by molar-refractivity contribution is 6.17. The molecule has 0 fully saturated rings. The second kappa shape index (κ2) is 9.47. The molecule has 0 aliphatic heterocycles. The fourth-order valence-electron chi connectivity index (χ4n) is 1.19. The molecule has 0 saturated heterocycles. The van der Waals surface area contributed by atoms with E-state index in [1.54, 1.807) is 0 Å². The zero-order valence-corrected chi connectivity index (χ0v) is 11.8. The molecule has 0 unspecified atom stereocenters. The average molecular weight is 312 g/mol. The summed E-state index contributed by atoms with van der Waals surface area (Å²) >= 11 is 5.38. The van der Waals surface area contributed by atoms with E-state index >= 15 is 0 Å². The van der Waals surface area contributed by atoms with Gasteiger partial charge < -0.3 is 10.5 Å². The van der Waals surface area contributed by atoms with Crippen molar-refractivity contribution in [2.45, 2.75) is 32.5 Å². The molecule has 0 spiro atoms. The molecule has 7 heteroatoms. The Labute approximate surface area is 120 Å². The number of nitrogens with two attached hydrogens (primary N) is 1. The molecular formula is C13H17ClF3NO2. The van der Waals surface area contributed by atoms with Crippen LogP contribution in [0.4, 0.5) is 13.2 Å². The Morgan fingerprint density at radius 1 is 1.35 bits per heavy atom. The standard InChI is InChI=1S/C8H6F3NO2.C5H11Cl/c9-8(10,11)14-6-3-1-2-5(4-6)7(12)13;1-2-3-4-5-6/h1-4H,(H2,12,13);2-5H2,1H3. The molecule has 1 aromatic rings. The van der Waals surface area contributed by atoms with Gasteiger partial charge in [0, 0.05) is 11.4 Å². The van der Waals surface area contributed by atoms with Crippen molar-refractivity contribution in [2.24, 2.45) is 5.73 Å². The summed E-state index contributed by atoms with van der Waals surface area (Å²) in [5, 5.41) is 0. The van der Waals surface area contributed by atoms with Gasteiger partial charge in [0.25, 0.3) is 0 Å². The van der Waals surface area contributed by atoms with Crippen LogP contribution in [0.5, 0.6) is 5.75 Å². The van der Waals surface area contributed by atoms with Crippen LogP contribution in [0.25, 0.3) is 0 Å². The number of amides is 1. The van der Waals surface area contributed by atoms with Gasteiger partial charge >= 0.3 is 6.36 Å². The van der Waals surface area contributed by atoms with Crippen LogP contribution in [-0.4, -0.2) is 18.1 Å². The SMILES string of the molecule is CCCCCCl.NC(=O)c1cccc(OC(F)(F)F)c1. The Balaban J connectivity index is 0.000000511. The Morgan fingerprint density at radius 3 is 2.40 bits per heavy atom. The molecule has 0 aromatic heterocycles. The van der Waals surface area contributed by atoms with Crippen LogP contribution in [0.2, 0.25) is 0 Å². The lowest BCUT2D eigenvalue weighted by Gasteiger charge is -2.08. The molecule has 0 bridgehead atoms. The Bertz CT molecular complexity index is 407. The molecule has 0 saturated carbocycles. The van der Waals surface area contributed by atoms with E-state index in [0.29, 0.717) is 0 Å². The minimum absolute atomic E-state index is 0.0354. The third-order valence-electron chi connectivity index (χ3n) is 2.09. The van der Waals surface area contributed by atoms with Gasteiger partial charge in [-0.1, -0.05) is 25.8 Å². The van der Waals surface area contributed by atoms with Gasteiger partial charge in [0.1, 0.15) is 5.75 Å². The van der Waals surface area contributed by atoms with Crippen molar-refractivity contribution in [3.8, 4) is 5.75 Å². The average Bonchev–Trinajstić information content (AvgIpc) is 2.35. The van der Waals surface area contributed by atoms with Gasteiger partial charge in [-0.15, -0.1) is 24.8 Å². The number of hydrogen-bond acceptors (Lipinski definition) is 2. The van der Waals surface area contributed by atoms with Crippen LogP contribution in [0.15, 0.2) is 24.3 Å². The van der Waals surface area contributed by atoms with Crippen LogP contribution in [-0.2, 0) is 0 Å². The van der Waals surface area contributed by atoms with Gasteiger partial charge in [-0.25, -0.2) is 0 Å². The van der Waals surface area contributed by atoms with Crippen molar-refractivity contribution in [1.82, 2.24) is 0 Å². The molecule has 1 amide bonds. The first-order chi connectivity index (χ1) is 9.30. The molecular weight excluding hydrogens is 295 g/mol. The van der Waals surface area contributed by atoms with Crippen LogP contribution in [0.3, 0.4) is 0 Å². The van der Waals surface area contributed by atoms with Crippen molar-refractivity contribution in [2.75, 3.05) is 5.88 Å². The second-order valence-corrected chi connectivity index (χ2v) is 4.21. The number of alkyl halides is 4. The van der Waals surface area contributed by atoms with Crippen molar-refractivity contribution in [3.05, 3.63) is 29.8 Å². The third kappa shape index (κ3) is 9.49. The van der Waals surface area contributed by atoms with E-state index in [2.05, 4.69) is 11.7 Å². The summed E-state index contributed by atoms with van der Waals surface area (Å²) in [6.45, 7) is 2.17. The summed E-state index contributed by atoms with van der Waals surface area (Å²) in [4.78, 5) is 10.6. The first-order valence-electron chi connectivity index (χ1n) is 6.01. The lowest BCUT2D eigenvalue weighted by molar-refractivity contribution is -0.274. The van der Waals surface area contributed by atoms with Crippen LogP contribution >= 0.6 is 11.6 Å². The minimum Gasteiger partial charge on any atom is -0.406 e. The zero-order valence-electron chi connectivity index (χ0n) is 11.0. The number of ether oxygens (including phenoxy) is 1. The zero-order chi connectivity index (χ0) is 15.6. The number of hydrogen-bond donors (Lipinski definition) is 1. The van der Waals surface area contributed by atoms with Gasteiger partial charge in [-0.2, -0.15) is 0 Å². The number of halogens is 4. The summed E-state index contributed by atoms with van der Waals surface area (Å²) < 4.78 is 38.8. The second-order valence-electron chi connectivity index (χ2n) is 3.84. The van der Waals surface area contributed by atoms with E-state index in [0.717, 1.165) is 18.0 Å². The quantitative estimate of drug-likeness (QED) is 0.657. The normalized spacial score (nSPS) is 10.4. The van der Waals surface area contributed by atoms with Gasteiger partial charge in [0.2, 0.25) is 5.91 Å². The summed E-state index contributed by atoms with van der Waals surface area (Å²) in [7, 11) is 0. The lowest BCUT2D eigenvalue weighted by atomic mass is 10.2. The summed E-state index contributed by atoms with van der Waals surface area (Å²) in [5.74, 6) is -0.445. The van der Waals surface area contributed by atoms with Crippen LogP contribution in [0.1, 0.15) is 36.5 Å². The van der Waals surface area contributed by atoms with Crippen molar-refractivity contribution < 1.29 is 22.7 Å². The number of unbranched alkanes of at least 4 members (excludes halogenated alkanes) is 2. The molecule has 2 N–H and O–H groups in total. The van der Waals surface area contributed by atoms with Crippen molar-refractivity contribution in [3.63, 3.8) is 0 Å². The maximum absolute atomic E-state index is 11.7. The maximum atomic E-state index is 11.7. The maximum Gasteiger partial charge on any atom is 0.573 e.